The Morgan fingerprint density at radius 2 is 1.79 bits per heavy atom. The molecule has 0 fully saturated rings. The van der Waals surface area contributed by atoms with E-state index in [0.29, 0.717) is 30.2 Å². The van der Waals surface area contributed by atoms with Crippen LogP contribution in [0.3, 0.4) is 0 Å². The third-order valence-corrected chi connectivity index (χ3v) is 4.67. The maximum Gasteiger partial charge on any atom is 0.339 e. The second-order valence-corrected chi connectivity index (χ2v) is 6.45. The molecule has 6 nitrogen and oxygen atoms in total. The molecular formula is C22H19N3O3. The zero-order chi connectivity index (χ0) is 19.5. The third-order valence-electron chi connectivity index (χ3n) is 4.67. The Morgan fingerprint density at radius 3 is 2.57 bits per heavy atom. The van der Waals surface area contributed by atoms with Crippen LogP contribution in [-0.4, -0.2) is 29.0 Å². The van der Waals surface area contributed by atoms with Gasteiger partial charge in [0, 0.05) is 18.3 Å². The molecule has 0 bridgehead atoms. The number of esters is 1. The smallest absolute Gasteiger partial charge is 0.339 e. The molecule has 3 aromatic rings. The van der Waals surface area contributed by atoms with Crippen molar-refractivity contribution in [3.05, 3.63) is 89.6 Å². The van der Waals surface area contributed by atoms with Gasteiger partial charge in [0.15, 0.2) is 0 Å². The van der Waals surface area contributed by atoms with E-state index in [2.05, 4.69) is 4.98 Å². The lowest BCUT2D eigenvalue weighted by atomic mass is 10.1. The average Bonchev–Trinajstić information content (AvgIpc) is 2.74. The molecule has 0 N–H and O–H groups in total. The van der Waals surface area contributed by atoms with E-state index in [1.165, 1.54) is 12.0 Å². The van der Waals surface area contributed by atoms with E-state index in [0.717, 1.165) is 11.1 Å². The van der Waals surface area contributed by atoms with E-state index in [4.69, 9.17) is 4.74 Å². The molecule has 0 spiro atoms. The minimum absolute atomic E-state index is 0.230. The number of para-hydroxylation sites is 1. The fourth-order valence-corrected chi connectivity index (χ4v) is 3.36. The molecule has 0 radical (unpaired) electrons. The van der Waals surface area contributed by atoms with E-state index in [1.807, 2.05) is 42.5 Å². The summed E-state index contributed by atoms with van der Waals surface area (Å²) in [4.78, 5) is 33.3. The van der Waals surface area contributed by atoms with Gasteiger partial charge in [-0.1, -0.05) is 48.5 Å². The quantitative estimate of drug-likeness (QED) is 0.645. The van der Waals surface area contributed by atoms with Gasteiger partial charge in [-0.3, -0.25) is 0 Å². The minimum atomic E-state index is -0.499. The Balaban J connectivity index is 1.80. The monoisotopic (exact) mass is 373 g/mol. The van der Waals surface area contributed by atoms with Crippen LogP contribution in [-0.2, 0) is 17.8 Å². The van der Waals surface area contributed by atoms with Crippen LogP contribution in [0.1, 0.15) is 21.5 Å². The van der Waals surface area contributed by atoms with E-state index in [-0.39, 0.29) is 6.03 Å². The number of carbonyl (C=O) groups is 2. The first-order valence-corrected chi connectivity index (χ1v) is 8.93. The highest BCUT2D eigenvalue weighted by molar-refractivity contribution is 6.06. The number of fused-ring (bicyclic) bond motifs is 1. The molecule has 1 aromatic heterocycles. The second-order valence-electron chi connectivity index (χ2n) is 6.45. The lowest BCUT2D eigenvalue weighted by Gasteiger charge is -2.36. The van der Waals surface area contributed by atoms with Gasteiger partial charge in [-0.15, -0.1) is 0 Å². The molecule has 6 heteroatoms. The zero-order valence-corrected chi connectivity index (χ0v) is 15.4. The van der Waals surface area contributed by atoms with E-state index in [9.17, 15) is 9.59 Å². The number of amides is 2. The predicted octanol–water partition coefficient (Wildman–Crippen LogP) is 4.14. The molecule has 28 heavy (non-hydrogen) atoms. The summed E-state index contributed by atoms with van der Waals surface area (Å²) >= 11 is 0. The molecule has 0 atom stereocenters. The zero-order valence-electron chi connectivity index (χ0n) is 15.4. The topological polar surface area (TPSA) is 62.7 Å². The van der Waals surface area contributed by atoms with Gasteiger partial charge >= 0.3 is 12.0 Å². The molecule has 1 aliphatic heterocycles. The van der Waals surface area contributed by atoms with Crippen molar-refractivity contribution in [2.45, 2.75) is 13.1 Å². The molecule has 140 valence electrons. The van der Waals surface area contributed by atoms with Crippen LogP contribution in [0, 0.1) is 0 Å². The summed E-state index contributed by atoms with van der Waals surface area (Å²) in [5, 5.41) is 0. The fourth-order valence-electron chi connectivity index (χ4n) is 3.36. The Bertz CT molecular complexity index is 1020. The number of pyridine rings is 1. The number of anilines is 2. The molecule has 2 aromatic carbocycles. The Labute approximate surface area is 163 Å². The van der Waals surface area contributed by atoms with Crippen molar-refractivity contribution in [2.24, 2.45) is 0 Å². The van der Waals surface area contributed by atoms with Crippen molar-refractivity contribution in [3.63, 3.8) is 0 Å². The summed E-state index contributed by atoms with van der Waals surface area (Å²) in [7, 11) is 1.32. The Kier molecular flexibility index (Phi) is 4.76. The van der Waals surface area contributed by atoms with Gasteiger partial charge < -0.3 is 9.64 Å². The summed E-state index contributed by atoms with van der Waals surface area (Å²) in [6.07, 6.45) is 1.65. The van der Waals surface area contributed by atoms with Gasteiger partial charge in [0.2, 0.25) is 0 Å². The number of hydrogen-bond donors (Lipinski definition) is 0. The molecule has 0 unspecified atom stereocenters. The number of aromatic nitrogens is 1. The number of urea groups is 1. The lowest BCUT2D eigenvalue weighted by molar-refractivity contribution is 0.0601. The summed E-state index contributed by atoms with van der Waals surface area (Å²) in [6, 6.07) is 20.3. The van der Waals surface area contributed by atoms with Crippen molar-refractivity contribution >= 4 is 23.5 Å². The Morgan fingerprint density at radius 1 is 1.04 bits per heavy atom. The minimum Gasteiger partial charge on any atom is -0.465 e. The van der Waals surface area contributed by atoms with Crippen LogP contribution in [0.5, 0.6) is 0 Å². The summed E-state index contributed by atoms with van der Waals surface area (Å²) < 4.78 is 4.90. The maximum absolute atomic E-state index is 13.4. The molecular weight excluding hydrogens is 354 g/mol. The second kappa shape index (κ2) is 7.52. The van der Waals surface area contributed by atoms with Crippen LogP contribution in [0.15, 0.2) is 72.9 Å². The molecule has 0 saturated carbocycles. The van der Waals surface area contributed by atoms with Crippen LogP contribution in [0.4, 0.5) is 16.3 Å². The number of benzene rings is 2. The first kappa shape index (κ1) is 17.7. The number of methoxy groups -OCH3 is 1. The first-order chi connectivity index (χ1) is 13.7. The van der Waals surface area contributed by atoms with Gasteiger partial charge in [-0.25, -0.2) is 19.5 Å². The fraction of sp³-hybridized carbons (Fsp3) is 0.136. The molecule has 2 amide bonds. The van der Waals surface area contributed by atoms with E-state index >= 15 is 0 Å². The molecule has 0 saturated heterocycles. The van der Waals surface area contributed by atoms with Gasteiger partial charge in [0.25, 0.3) is 0 Å². The number of hydrogen-bond acceptors (Lipinski definition) is 4. The van der Waals surface area contributed by atoms with Crippen molar-refractivity contribution in [3.8, 4) is 0 Å². The normalized spacial score (nSPS) is 13.2. The molecule has 0 aliphatic carbocycles. The third kappa shape index (κ3) is 3.20. The summed E-state index contributed by atoms with van der Waals surface area (Å²) in [5.41, 5.74) is 2.72. The van der Waals surface area contributed by atoms with Gasteiger partial charge in [0.1, 0.15) is 5.82 Å². The SMILES string of the molecule is COC(=O)c1ccccc1N1C(=O)N(Cc2ccccc2)Cc2cccnc21. The largest absolute Gasteiger partial charge is 0.465 e. The van der Waals surface area contributed by atoms with Crippen LogP contribution in [0.2, 0.25) is 0 Å². The van der Waals surface area contributed by atoms with Gasteiger partial charge in [-0.05, 0) is 23.8 Å². The first-order valence-electron chi connectivity index (χ1n) is 8.93. The highest BCUT2D eigenvalue weighted by Crippen LogP contribution is 2.35. The Hall–Kier alpha value is -3.67. The van der Waals surface area contributed by atoms with E-state index in [1.54, 1.807) is 35.4 Å². The van der Waals surface area contributed by atoms with Crippen molar-refractivity contribution in [1.82, 2.24) is 9.88 Å². The number of nitrogens with zero attached hydrogens (tertiary/aromatic N) is 3. The van der Waals surface area contributed by atoms with Crippen molar-refractivity contribution in [2.75, 3.05) is 12.0 Å². The average molecular weight is 373 g/mol. The highest BCUT2D eigenvalue weighted by Gasteiger charge is 2.34. The van der Waals surface area contributed by atoms with Crippen LogP contribution < -0.4 is 4.90 Å². The van der Waals surface area contributed by atoms with E-state index < -0.39 is 5.97 Å². The molecule has 4 rings (SSSR count). The van der Waals surface area contributed by atoms with Crippen LogP contribution in [0.25, 0.3) is 0 Å². The maximum atomic E-state index is 13.4. The lowest BCUT2D eigenvalue weighted by Crippen LogP contribution is -2.45. The number of rotatable bonds is 4. The standard InChI is InChI=1S/C22H19N3O3/c1-28-21(26)18-11-5-6-12-19(18)25-20-17(10-7-13-23-20)15-24(22(25)27)14-16-8-3-2-4-9-16/h2-13H,14-15H2,1H3. The van der Waals surface area contributed by atoms with Crippen LogP contribution >= 0.6 is 0 Å². The molecule has 1 aliphatic rings. The summed E-state index contributed by atoms with van der Waals surface area (Å²) in [6.45, 7) is 0.915. The number of ether oxygens (including phenoxy) is 1. The number of carbonyl (C=O) groups excluding carboxylic acids is 2. The summed E-state index contributed by atoms with van der Waals surface area (Å²) in [5.74, 6) is 0.0363. The van der Waals surface area contributed by atoms with Crippen molar-refractivity contribution < 1.29 is 14.3 Å². The molecule has 2 heterocycles. The highest BCUT2D eigenvalue weighted by atomic mass is 16.5. The van der Waals surface area contributed by atoms with Gasteiger partial charge in [-0.2, -0.15) is 0 Å². The van der Waals surface area contributed by atoms with Gasteiger partial charge in [0.05, 0.1) is 24.9 Å². The predicted molar refractivity (Wildman–Crippen MR) is 105 cm³/mol. The van der Waals surface area contributed by atoms with Crippen molar-refractivity contribution in [1.29, 1.82) is 0 Å².